The molecule has 6 nitrogen and oxygen atoms in total. The van der Waals surface area contributed by atoms with Gasteiger partial charge >= 0.3 is 0 Å². The maximum atomic E-state index is 14.1. The number of amides is 1. The zero-order valence-electron chi connectivity index (χ0n) is 16.2. The summed E-state index contributed by atoms with van der Waals surface area (Å²) in [6.45, 7) is 4.82. The van der Waals surface area contributed by atoms with E-state index in [-0.39, 0.29) is 11.7 Å². The molecule has 1 saturated carbocycles. The van der Waals surface area contributed by atoms with Crippen LogP contribution < -0.4 is 10.2 Å². The average molecular weight is 383 g/mol. The molecule has 1 N–H and O–H groups in total. The minimum Gasteiger partial charge on any atom is -0.366 e. The normalized spacial score (nSPS) is 30.6. The van der Waals surface area contributed by atoms with E-state index in [1.54, 1.807) is 12.1 Å². The maximum Gasteiger partial charge on any atom is 0.246 e. The Labute approximate surface area is 165 Å². The number of piperazine rings is 1. The first-order chi connectivity index (χ1) is 13.5. The Kier molecular flexibility index (Phi) is 4.96. The number of halogens is 1. The van der Waals surface area contributed by atoms with Crippen LogP contribution in [0.4, 0.5) is 10.1 Å². The molecule has 7 heteroatoms. The fraction of sp³-hybridized carbons (Fsp3) is 0.571. The molecule has 2 aliphatic heterocycles. The van der Waals surface area contributed by atoms with Crippen LogP contribution in [-0.4, -0.2) is 48.5 Å². The fourth-order valence-electron chi connectivity index (χ4n) is 4.59. The first-order valence-electron chi connectivity index (χ1n) is 10.1. The van der Waals surface area contributed by atoms with E-state index in [4.69, 9.17) is 4.99 Å². The van der Waals surface area contributed by atoms with Crippen molar-refractivity contribution in [2.75, 3.05) is 31.1 Å². The second-order valence-corrected chi connectivity index (χ2v) is 8.20. The van der Waals surface area contributed by atoms with E-state index in [0.29, 0.717) is 43.7 Å². The molecule has 2 heterocycles. The summed E-state index contributed by atoms with van der Waals surface area (Å²) in [5.74, 6) is 0.0191. The van der Waals surface area contributed by atoms with E-state index >= 15 is 0 Å². The van der Waals surface area contributed by atoms with E-state index in [1.165, 1.54) is 6.07 Å². The van der Waals surface area contributed by atoms with E-state index < -0.39 is 11.5 Å². The smallest absolute Gasteiger partial charge is 0.246 e. The molecule has 28 heavy (non-hydrogen) atoms. The van der Waals surface area contributed by atoms with E-state index in [1.807, 2.05) is 11.0 Å². The Hall–Kier alpha value is -2.62. The van der Waals surface area contributed by atoms with Gasteiger partial charge in [-0.25, -0.2) is 9.38 Å². The molecule has 3 aliphatic rings. The summed E-state index contributed by atoms with van der Waals surface area (Å²) in [7, 11) is 0. The van der Waals surface area contributed by atoms with Crippen LogP contribution in [0.25, 0.3) is 0 Å². The molecule has 1 aliphatic carbocycles. The first kappa shape index (κ1) is 18.7. The zero-order valence-corrected chi connectivity index (χ0v) is 16.2. The molecule has 0 aromatic heterocycles. The largest absolute Gasteiger partial charge is 0.366 e. The lowest BCUT2D eigenvalue weighted by atomic mass is 9.70. The highest BCUT2D eigenvalue weighted by Crippen LogP contribution is 2.41. The third-order valence-corrected chi connectivity index (χ3v) is 6.40. The van der Waals surface area contributed by atoms with Crippen molar-refractivity contribution in [2.24, 2.45) is 16.8 Å². The van der Waals surface area contributed by atoms with Crippen LogP contribution in [0.3, 0.4) is 0 Å². The zero-order chi connectivity index (χ0) is 19.7. The van der Waals surface area contributed by atoms with Crippen LogP contribution in [0.15, 0.2) is 29.3 Å². The minimum atomic E-state index is -0.719. The minimum absolute atomic E-state index is 0.216. The van der Waals surface area contributed by atoms with Gasteiger partial charge in [-0.2, -0.15) is 5.26 Å². The van der Waals surface area contributed by atoms with Crippen molar-refractivity contribution in [1.29, 1.82) is 5.26 Å². The molecular weight excluding hydrogens is 357 g/mol. The third kappa shape index (κ3) is 3.32. The summed E-state index contributed by atoms with van der Waals surface area (Å²) in [6, 6.07) is 9.00. The molecule has 4 rings (SSSR count). The lowest BCUT2D eigenvalue weighted by molar-refractivity contribution is -0.125. The van der Waals surface area contributed by atoms with Gasteiger partial charge in [0.25, 0.3) is 0 Å². The van der Waals surface area contributed by atoms with E-state index in [0.717, 1.165) is 25.7 Å². The van der Waals surface area contributed by atoms with Crippen LogP contribution in [0.2, 0.25) is 0 Å². The van der Waals surface area contributed by atoms with Gasteiger partial charge in [0.15, 0.2) is 5.92 Å². The van der Waals surface area contributed by atoms with E-state index in [2.05, 4.69) is 23.2 Å². The Balaban J connectivity index is 1.51. The van der Waals surface area contributed by atoms with Gasteiger partial charge in [0.05, 0.1) is 17.3 Å². The van der Waals surface area contributed by atoms with Gasteiger partial charge in [-0.15, -0.1) is 0 Å². The highest BCUT2D eigenvalue weighted by molar-refractivity contribution is 6.02. The number of benzene rings is 1. The number of nitrogens with zero attached hydrogens (tertiary/aromatic N) is 4. The van der Waals surface area contributed by atoms with Crippen molar-refractivity contribution in [3.05, 3.63) is 30.1 Å². The predicted octanol–water partition coefficient (Wildman–Crippen LogP) is 2.52. The third-order valence-electron chi connectivity index (χ3n) is 6.40. The van der Waals surface area contributed by atoms with Gasteiger partial charge in [0.1, 0.15) is 5.82 Å². The summed E-state index contributed by atoms with van der Waals surface area (Å²) in [5, 5.41) is 12.5. The number of hydrogen-bond acceptors (Lipinski definition) is 5. The highest BCUT2D eigenvalue weighted by Gasteiger charge is 2.49. The summed E-state index contributed by atoms with van der Waals surface area (Å²) in [4.78, 5) is 21.7. The van der Waals surface area contributed by atoms with Gasteiger partial charge in [-0.3, -0.25) is 10.1 Å². The molecule has 1 spiro atoms. The Morgan fingerprint density at radius 2 is 1.82 bits per heavy atom. The van der Waals surface area contributed by atoms with E-state index in [9.17, 15) is 14.4 Å². The monoisotopic (exact) mass is 383 g/mol. The number of hydrogen-bond donors (Lipinski definition) is 1. The summed E-state index contributed by atoms with van der Waals surface area (Å²) in [6.07, 6.45) is 3.53. The molecule has 1 saturated heterocycles. The van der Waals surface area contributed by atoms with Crippen LogP contribution in [0, 0.1) is 29.0 Å². The molecule has 1 aromatic rings. The van der Waals surface area contributed by atoms with Gasteiger partial charge in [-0.05, 0) is 43.7 Å². The summed E-state index contributed by atoms with van der Waals surface area (Å²) in [5.41, 5.74) is 0.0146. The van der Waals surface area contributed by atoms with Gasteiger partial charge in [0, 0.05) is 26.2 Å². The molecule has 0 unspecified atom stereocenters. The number of carbonyl (C=O) groups excluding carboxylic acids is 1. The van der Waals surface area contributed by atoms with Crippen LogP contribution in [-0.2, 0) is 4.79 Å². The second-order valence-electron chi connectivity index (χ2n) is 8.20. The summed E-state index contributed by atoms with van der Waals surface area (Å²) < 4.78 is 14.1. The number of para-hydroxylation sites is 1. The SMILES string of the molecule is CC1CCC2(CC1)N=C(N1CCN(c3ccccc3F)CC1)NC(=O)[C@H]2C#N. The van der Waals surface area contributed by atoms with Crippen molar-refractivity contribution in [3.63, 3.8) is 0 Å². The quantitative estimate of drug-likeness (QED) is 0.809. The number of nitrogens with one attached hydrogen (secondary N) is 1. The van der Waals surface area contributed by atoms with Crippen molar-refractivity contribution in [2.45, 2.75) is 38.1 Å². The fourth-order valence-corrected chi connectivity index (χ4v) is 4.59. The Morgan fingerprint density at radius 3 is 2.46 bits per heavy atom. The standard InChI is InChI=1S/C21H26FN5O/c1-15-6-8-21(9-7-15)16(14-23)19(28)24-20(25-21)27-12-10-26(11-13-27)18-5-3-2-4-17(18)22/h2-5,15-16H,6-13H2,1H3,(H,24,25,28)/t15?,16-,21?/m1/s1. The number of carbonyl (C=O) groups is 1. The number of nitriles is 1. The molecule has 2 fully saturated rings. The molecule has 148 valence electrons. The molecular formula is C21H26FN5O. The van der Waals surface area contributed by atoms with Crippen molar-refractivity contribution >= 4 is 17.6 Å². The second kappa shape index (κ2) is 7.42. The number of guanidine groups is 1. The van der Waals surface area contributed by atoms with Crippen LogP contribution in [0.5, 0.6) is 0 Å². The van der Waals surface area contributed by atoms with Crippen molar-refractivity contribution < 1.29 is 9.18 Å². The molecule has 0 bridgehead atoms. The number of rotatable bonds is 1. The Morgan fingerprint density at radius 1 is 1.18 bits per heavy atom. The Bertz CT molecular complexity index is 816. The molecule has 0 radical (unpaired) electrons. The van der Waals surface area contributed by atoms with Gasteiger partial charge in [0.2, 0.25) is 11.9 Å². The molecule has 1 atom stereocenters. The lowest BCUT2D eigenvalue weighted by Gasteiger charge is -2.44. The lowest BCUT2D eigenvalue weighted by Crippen LogP contribution is -2.61. The van der Waals surface area contributed by atoms with Crippen molar-refractivity contribution in [1.82, 2.24) is 10.2 Å². The van der Waals surface area contributed by atoms with Gasteiger partial charge < -0.3 is 9.80 Å². The average Bonchev–Trinajstić information content (AvgIpc) is 2.71. The highest BCUT2D eigenvalue weighted by atomic mass is 19.1. The predicted molar refractivity (Wildman–Crippen MR) is 105 cm³/mol. The maximum absolute atomic E-state index is 14.1. The molecule has 1 aromatic carbocycles. The summed E-state index contributed by atoms with van der Waals surface area (Å²) >= 11 is 0. The molecule has 1 amide bonds. The van der Waals surface area contributed by atoms with Gasteiger partial charge in [-0.1, -0.05) is 19.1 Å². The van der Waals surface area contributed by atoms with Crippen LogP contribution in [0.1, 0.15) is 32.6 Å². The van der Waals surface area contributed by atoms with Crippen molar-refractivity contribution in [3.8, 4) is 6.07 Å². The number of aliphatic imine (C=N–C) groups is 1. The topological polar surface area (TPSA) is 71.7 Å². The number of anilines is 1. The van der Waals surface area contributed by atoms with Crippen LogP contribution >= 0.6 is 0 Å². The first-order valence-corrected chi connectivity index (χ1v) is 10.1.